The number of carboxylic acid groups (broad SMARTS) is 2. The summed E-state index contributed by atoms with van der Waals surface area (Å²) in [6.07, 6.45) is -0.871. The molecular formula is C22H22O8. The highest BCUT2D eigenvalue weighted by Crippen LogP contribution is 2.27. The zero-order valence-electron chi connectivity index (χ0n) is 17.0. The predicted octanol–water partition coefficient (Wildman–Crippen LogP) is 3.88. The fourth-order valence-corrected chi connectivity index (χ4v) is 2.71. The summed E-state index contributed by atoms with van der Waals surface area (Å²) in [6.45, 7) is 6.57. The van der Waals surface area contributed by atoms with Crippen molar-refractivity contribution in [2.24, 2.45) is 0 Å². The summed E-state index contributed by atoms with van der Waals surface area (Å²) >= 11 is 0. The van der Waals surface area contributed by atoms with Crippen LogP contribution >= 0.6 is 0 Å². The van der Waals surface area contributed by atoms with Crippen LogP contribution in [0, 0.1) is 0 Å². The molecule has 0 amide bonds. The summed E-state index contributed by atoms with van der Waals surface area (Å²) in [6, 6.07) is 8.10. The Labute approximate surface area is 173 Å². The Morgan fingerprint density at radius 1 is 0.633 bits per heavy atom. The molecular weight excluding hydrogens is 392 g/mol. The summed E-state index contributed by atoms with van der Waals surface area (Å²) in [7, 11) is 0. The van der Waals surface area contributed by atoms with Crippen molar-refractivity contribution in [3.8, 4) is 11.1 Å². The summed E-state index contributed by atoms with van der Waals surface area (Å²) in [4.78, 5) is 47.7. The minimum Gasteiger partial charge on any atom is -0.478 e. The van der Waals surface area contributed by atoms with E-state index >= 15 is 0 Å². The molecule has 0 saturated heterocycles. The maximum absolute atomic E-state index is 12.3. The van der Waals surface area contributed by atoms with Gasteiger partial charge in [-0.1, -0.05) is 12.1 Å². The van der Waals surface area contributed by atoms with E-state index in [1.165, 1.54) is 36.4 Å². The lowest BCUT2D eigenvalue weighted by atomic mass is 9.95. The van der Waals surface area contributed by atoms with Gasteiger partial charge in [0.25, 0.3) is 0 Å². The Bertz CT molecular complexity index is 1000. The highest BCUT2D eigenvalue weighted by atomic mass is 16.5. The highest BCUT2D eigenvalue weighted by molar-refractivity contribution is 6.05. The van der Waals surface area contributed by atoms with Crippen molar-refractivity contribution in [2.45, 2.75) is 39.9 Å². The standard InChI is InChI=1S/C22H22O8/c1-11(2)29-21(27)16-8-6-13(9-17(16)20(25)26)14-5-7-15(19(23)24)18(10-14)22(28)30-12(3)4/h5-12H,1-4H3,(H,23,24)(H,25,26). The van der Waals surface area contributed by atoms with Crippen molar-refractivity contribution in [1.29, 1.82) is 0 Å². The second-order valence-electron chi connectivity index (χ2n) is 7.04. The zero-order valence-corrected chi connectivity index (χ0v) is 17.0. The third kappa shape index (κ3) is 5.22. The van der Waals surface area contributed by atoms with E-state index in [-0.39, 0.29) is 22.3 Å². The topological polar surface area (TPSA) is 127 Å². The van der Waals surface area contributed by atoms with E-state index in [1.54, 1.807) is 27.7 Å². The quantitative estimate of drug-likeness (QED) is 0.654. The van der Waals surface area contributed by atoms with Crippen LogP contribution in [0.3, 0.4) is 0 Å². The fraction of sp³-hybridized carbons (Fsp3) is 0.273. The minimum atomic E-state index is -1.32. The third-order valence-corrected chi connectivity index (χ3v) is 3.96. The molecule has 8 heteroatoms. The SMILES string of the molecule is CC(C)OC(=O)c1ccc(-c2ccc(C(=O)O)c(C(=O)OC(C)C)c2)cc1C(=O)O. The van der Waals surface area contributed by atoms with E-state index in [2.05, 4.69) is 0 Å². The Morgan fingerprint density at radius 2 is 1.03 bits per heavy atom. The van der Waals surface area contributed by atoms with Gasteiger partial charge in [-0.3, -0.25) is 0 Å². The smallest absolute Gasteiger partial charge is 0.339 e. The summed E-state index contributed by atoms with van der Waals surface area (Å²) in [5.41, 5.74) is -0.00631. The van der Waals surface area contributed by atoms with E-state index in [9.17, 15) is 29.4 Å². The zero-order chi connectivity index (χ0) is 22.6. The van der Waals surface area contributed by atoms with Gasteiger partial charge in [-0.2, -0.15) is 0 Å². The third-order valence-electron chi connectivity index (χ3n) is 3.96. The number of ether oxygens (including phenoxy) is 2. The Hall–Kier alpha value is -3.68. The van der Waals surface area contributed by atoms with Gasteiger partial charge < -0.3 is 19.7 Å². The van der Waals surface area contributed by atoms with Crippen molar-refractivity contribution in [2.75, 3.05) is 0 Å². The maximum Gasteiger partial charge on any atom is 0.339 e. The first-order chi connectivity index (χ1) is 14.0. The van der Waals surface area contributed by atoms with Crippen molar-refractivity contribution in [3.63, 3.8) is 0 Å². The van der Waals surface area contributed by atoms with Crippen molar-refractivity contribution in [1.82, 2.24) is 0 Å². The number of aromatic carboxylic acids is 2. The molecule has 0 unspecified atom stereocenters. The first kappa shape index (κ1) is 22.6. The normalized spacial score (nSPS) is 10.7. The average molecular weight is 414 g/mol. The van der Waals surface area contributed by atoms with E-state index in [0.29, 0.717) is 11.1 Å². The van der Waals surface area contributed by atoms with E-state index in [4.69, 9.17) is 9.47 Å². The Balaban J connectivity index is 2.57. The molecule has 0 aromatic heterocycles. The molecule has 0 aliphatic heterocycles. The molecule has 8 nitrogen and oxygen atoms in total. The summed E-state index contributed by atoms with van der Waals surface area (Å²) < 4.78 is 10.2. The molecule has 2 aromatic rings. The molecule has 0 fully saturated rings. The highest BCUT2D eigenvalue weighted by Gasteiger charge is 2.22. The number of carbonyl (C=O) groups is 4. The van der Waals surface area contributed by atoms with Crippen LogP contribution in [0.25, 0.3) is 11.1 Å². The summed E-state index contributed by atoms with van der Waals surface area (Å²) in [5.74, 6) is -4.19. The number of carbonyl (C=O) groups excluding carboxylic acids is 2. The lowest BCUT2D eigenvalue weighted by Gasteiger charge is -2.13. The number of carboxylic acids is 2. The minimum absolute atomic E-state index is 0.110. The molecule has 158 valence electrons. The van der Waals surface area contributed by atoms with E-state index in [0.717, 1.165) is 0 Å². The van der Waals surface area contributed by atoms with Crippen LogP contribution in [0.15, 0.2) is 36.4 Å². The van der Waals surface area contributed by atoms with Crippen LogP contribution in [0.2, 0.25) is 0 Å². The molecule has 0 bridgehead atoms. The largest absolute Gasteiger partial charge is 0.478 e. The molecule has 2 rings (SSSR count). The molecule has 0 saturated carbocycles. The van der Waals surface area contributed by atoms with Crippen LogP contribution in [0.5, 0.6) is 0 Å². The van der Waals surface area contributed by atoms with E-state index in [1.807, 2.05) is 0 Å². The second-order valence-corrected chi connectivity index (χ2v) is 7.04. The van der Waals surface area contributed by atoms with Crippen molar-refractivity contribution < 1.29 is 38.9 Å². The van der Waals surface area contributed by atoms with Gasteiger partial charge >= 0.3 is 23.9 Å². The molecule has 0 atom stereocenters. The molecule has 30 heavy (non-hydrogen) atoms. The fourth-order valence-electron chi connectivity index (χ4n) is 2.71. The first-order valence-corrected chi connectivity index (χ1v) is 9.18. The maximum atomic E-state index is 12.3. The molecule has 0 aliphatic rings. The van der Waals surface area contributed by atoms with Crippen LogP contribution in [0.4, 0.5) is 0 Å². The Kier molecular flexibility index (Phi) is 6.94. The Morgan fingerprint density at radius 3 is 1.47 bits per heavy atom. The van der Waals surface area contributed by atoms with Crippen LogP contribution in [0.1, 0.15) is 69.1 Å². The van der Waals surface area contributed by atoms with Gasteiger partial charge in [0.2, 0.25) is 0 Å². The van der Waals surface area contributed by atoms with Crippen molar-refractivity contribution >= 4 is 23.9 Å². The number of hydrogen-bond acceptors (Lipinski definition) is 6. The van der Waals surface area contributed by atoms with Gasteiger partial charge in [0.1, 0.15) is 0 Å². The molecule has 2 N–H and O–H groups in total. The molecule has 0 radical (unpaired) electrons. The predicted molar refractivity (Wildman–Crippen MR) is 107 cm³/mol. The van der Waals surface area contributed by atoms with Crippen LogP contribution < -0.4 is 0 Å². The number of rotatable bonds is 7. The summed E-state index contributed by atoms with van der Waals surface area (Å²) in [5, 5.41) is 18.9. The number of benzene rings is 2. The van der Waals surface area contributed by atoms with Gasteiger partial charge in [-0.05, 0) is 63.1 Å². The molecule has 0 heterocycles. The van der Waals surface area contributed by atoms with Gasteiger partial charge in [0, 0.05) is 0 Å². The molecule has 0 aliphatic carbocycles. The lowest BCUT2D eigenvalue weighted by molar-refractivity contribution is 0.0363. The number of hydrogen-bond donors (Lipinski definition) is 2. The number of esters is 2. The monoisotopic (exact) mass is 414 g/mol. The van der Waals surface area contributed by atoms with Gasteiger partial charge in [0.05, 0.1) is 34.5 Å². The van der Waals surface area contributed by atoms with Crippen LogP contribution in [-0.4, -0.2) is 46.3 Å². The van der Waals surface area contributed by atoms with Crippen molar-refractivity contribution in [3.05, 3.63) is 58.7 Å². The lowest BCUT2D eigenvalue weighted by Crippen LogP contribution is -2.16. The van der Waals surface area contributed by atoms with Gasteiger partial charge in [-0.25, -0.2) is 19.2 Å². The second kappa shape index (κ2) is 9.21. The van der Waals surface area contributed by atoms with Gasteiger partial charge in [0.15, 0.2) is 0 Å². The van der Waals surface area contributed by atoms with Gasteiger partial charge in [-0.15, -0.1) is 0 Å². The van der Waals surface area contributed by atoms with Crippen LogP contribution in [-0.2, 0) is 9.47 Å². The first-order valence-electron chi connectivity index (χ1n) is 9.18. The molecule has 0 spiro atoms. The van der Waals surface area contributed by atoms with E-state index < -0.39 is 36.1 Å². The average Bonchev–Trinajstić information content (AvgIpc) is 2.65. The molecule has 2 aromatic carbocycles.